The van der Waals surface area contributed by atoms with Gasteiger partial charge in [-0.25, -0.2) is 0 Å². The molecule has 3 heterocycles. The summed E-state index contributed by atoms with van der Waals surface area (Å²) in [7, 11) is 0. The average molecular weight is 337 g/mol. The van der Waals surface area contributed by atoms with Crippen LogP contribution in [0.15, 0.2) is 36.7 Å². The highest BCUT2D eigenvalue weighted by molar-refractivity contribution is 7.17. The van der Waals surface area contributed by atoms with Crippen LogP contribution in [-0.4, -0.2) is 35.0 Å². The van der Waals surface area contributed by atoms with Crippen LogP contribution in [0, 0.1) is 0 Å². The van der Waals surface area contributed by atoms with Gasteiger partial charge in [-0.15, -0.1) is 11.3 Å². The van der Waals surface area contributed by atoms with Crippen LogP contribution in [0.1, 0.15) is 28.1 Å². The van der Waals surface area contributed by atoms with E-state index in [1.807, 2.05) is 17.0 Å². The fourth-order valence-corrected chi connectivity index (χ4v) is 3.55. The van der Waals surface area contributed by atoms with Crippen molar-refractivity contribution in [2.75, 3.05) is 13.1 Å². The van der Waals surface area contributed by atoms with Gasteiger partial charge in [0.05, 0.1) is 21.9 Å². The lowest BCUT2D eigenvalue weighted by Gasteiger charge is -2.32. The molecule has 0 aliphatic carbocycles. The predicted molar refractivity (Wildman–Crippen MR) is 87.3 cm³/mol. The topological polar surface area (TPSA) is 42.4 Å². The molecule has 6 heteroatoms. The first kappa shape index (κ1) is 15.5. The van der Waals surface area contributed by atoms with Crippen LogP contribution in [0.25, 0.3) is 0 Å². The van der Waals surface area contributed by atoms with E-state index in [0.29, 0.717) is 22.4 Å². The lowest BCUT2D eigenvalue weighted by molar-refractivity contribution is -0.00667. The van der Waals surface area contributed by atoms with Crippen LogP contribution in [0.5, 0.6) is 0 Å². The number of amides is 1. The number of pyridine rings is 1. The van der Waals surface area contributed by atoms with Gasteiger partial charge in [0.15, 0.2) is 0 Å². The second-order valence-corrected chi connectivity index (χ2v) is 7.01. The fraction of sp³-hybridized carbons (Fsp3) is 0.375. The van der Waals surface area contributed by atoms with Crippen LogP contribution in [-0.2, 0) is 11.3 Å². The minimum absolute atomic E-state index is 0.0478. The molecule has 0 unspecified atom stereocenters. The summed E-state index contributed by atoms with van der Waals surface area (Å²) in [4.78, 5) is 19.1. The van der Waals surface area contributed by atoms with Crippen molar-refractivity contribution in [3.8, 4) is 0 Å². The number of ether oxygens (including phenoxy) is 1. The number of carbonyl (C=O) groups is 1. The first-order chi connectivity index (χ1) is 10.7. The summed E-state index contributed by atoms with van der Waals surface area (Å²) in [6, 6.07) is 7.44. The summed E-state index contributed by atoms with van der Waals surface area (Å²) < 4.78 is 6.58. The van der Waals surface area contributed by atoms with Gasteiger partial charge in [0.25, 0.3) is 5.91 Å². The maximum Gasteiger partial charge on any atom is 0.264 e. The predicted octanol–water partition coefficient (Wildman–Crippen LogP) is 3.62. The van der Waals surface area contributed by atoms with Crippen molar-refractivity contribution in [1.82, 2.24) is 9.88 Å². The van der Waals surface area contributed by atoms with Gasteiger partial charge in [0, 0.05) is 25.5 Å². The number of piperidine rings is 1. The second-order valence-electron chi connectivity index (χ2n) is 5.29. The Morgan fingerprint density at radius 1 is 1.45 bits per heavy atom. The molecule has 0 spiro atoms. The van der Waals surface area contributed by atoms with Crippen LogP contribution in [0.2, 0.25) is 4.34 Å². The molecule has 4 nitrogen and oxygen atoms in total. The summed E-state index contributed by atoms with van der Waals surface area (Å²) in [5, 5.41) is 0. The largest absolute Gasteiger partial charge is 0.372 e. The van der Waals surface area contributed by atoms with Gasteiger partial charge >= 0.3 is 0 Å². The Hall–Kier alpha value is -1.43. The van der Waals surface area contributed by atoms with E-state index in [-0.39, 0.29) is 12.0 Å². The van der Waals surface area contributed by atoms with E-state index >= 15 is 0 Å². The van der Waals surface area contributed by atoms with Crippen molar-refractivity contribution in [3.63, 3.8) is 0 Å². The third-order valence-corrected chi connectivity index (χ3v) is 4.88. The number of likely N-dealkylation sites (tertiary alicyclic amines) is 1. The summed E-state index contributed by atoms with van der Waals surface area (Å²) in [5.41, 5.74) is 1.05. The van der Waals surface area contributed by atoms with E-state index in [4.69, 9.17) is 16.3 Å². The number of halogens is 1. The molecule has 2 aromatic heterocycles. The molecule has 0 N–H and O–H groups in total. The molecule has 3 rings (SSSR count). The lowest BCUT2D eigenvalue weighted by Crippen LogP contribution is -2.42. The maximum absolute atomic E-state index is 12.4. The third kappa shape index (κ3) is 3.85. The summed E-state index contributed by atoms with van der Waals surface area (Å²) in [6.07, 6.45) is 5.57. The second kappa shape index (κ2) is 7.22. The number of thiophene rings is 1. The Morgan fingerprint density at radius 2 is 2.36 bits per heavy atom. The van der Waals surface area contributed by atoms with E-state index in [9.17, 15) is 4.79 Å². The molecule has 1 aliphatic heterocycles. The van der Waals surface area contributed by atoms with Gasteiger partial charge in [-0.1, -0.05) is 17.7 Å². The molecule has 0 saturated carbocycles. The van der Waals surface area contributed by atoms with Crippen molar-refractivity contribution in [1.29, 1.82) is 0 Å². The Morgan fingerprint density at radius 3 is 3.09 bits per heavy atom. The van der Waals surface area contributed by atoms with Gasteiger partial charge < -0.3 is 9.64 Å². The molecular weight excluding hydrogens is 320 g/mol. The van der Waals surface area contributed by atoms with Gasteiger partial charge in [-0.3, -0.25) is 9.78 Å². The first-order valence-electron chi connectivity index (χ1n) is 7.27. The number of hydrogen-bond donors (Lipinski definition) is 0. The van der Waals surface area contributed by atoms with E-state index in [1.165, 1.54) is 11.3 Å². The Balaban J connectivity index is 1.56. The molecule has 1 aliphatic rings. The minimum Gasteiger partial charge on any atom is -0.372 e. The Labute approximate surface area is 138 Å². The minimum atomic E-state index is 0.0478. The normalized spacial score (nSPS) is 18.4. The summed E-state index contributed by atoms with van der Waals surface area (Å²) >= 11 is 7.23. The van der Waals surface area contributed by atoms with Gasteiger partial charge in [0.2, 0.25) is 0 Å². The van der Waals surface area contributed by atoms with Crippen LogP contribution >= 0.6 is 22.9 Å². The zero-order valence-corrected chi connectivity index (χ0v) is 13.6. The molecule has 1 fully saturated rings. The van der Waals surface area contributed by atoms with Crippen molar-refractivity contribution in [2.24, 2.45) is 0 Å². The number of aromatic nitrogens is 1. The zero-order valence-electron chi connectivity index (χ0n) is 12.1. The zero-order chi connectivity index (χ0) is 15.4. The molecule has 0 radical (unpaired) electrons. The number of hydrogen-bond acceptors (Lipinski definition) is 4. The van der Waals surface area contributed by atoms with Gasteiger partial charge in [-0.05, 0) is 36.6 Å². The van der Waals surface area contributed by atoms with Gasteiger partial charge in [-0.2, -0.15) is 0 Å². The molecule has 0 bridgehead atoms. The highest BCUT2D eigenvalue weighted by Gasteiger charge is 2.25. The highest BCUT2D eigenvalue weighted by Crippen LogP contribution is 2.24. The lowest BCUT2D eigenvalue weighted by atomic mass is 10.1. The average Bonchev–Trinajstić information content (AvgIpc) is 3.00. The molecule has 116 valence electrons. The monoisotopic (exact) mass is 336 g/mol. The molecule has 1 saturated heterocycles. The summed E-state index contributed by atoms with van der Waals surface area (Å²) in [5.74, 6) is 0.0478. The van der Waals surface area contributed by atoms with Crippen LogP contribution in [0.4, 0.5) is 0 Å². The van der Waals surface area contributed by atoms with Gasteiger partial charge in [0.1, 0.15) is 0 Å². The number of rotatable bonds is 4. The molecule has 1 atom stereocenters. The molecule has 0 aromatic carbocycles. The first-order valence-corrected chi connectivity index (χ1v) is 8.47. The number of carbonyl (C=O) groups excluding carboxylic acids is 1. The van der Waals surface area contributed by atoms with E-state index < -0.39 is 0 Å². The SMILES string of the molecule is O=C(c1ccc(Cl)s1)N1CCC[C@H](OCc2cccnc2)C1. The molecule has 2 aromatic rings. The van der Waals surface area contributed by atoms with Crippen molar-refractivity contribution in [2.45, 2.75) is 25.6 Å². The van der Waals surface area contributed by atoms with E-state index in [1.54, 1.807) is 24.5 Å². The van der Waals surface area contributed by atoms with Crippen molar-refractivity contribution < 1.29 is 9.53 Å². The van der Waals surface area contributed by atoms with E-state index in [2.05, 4.69) is 4.98 Å². The molecule has 22 heavy (non-hydrogen) atoms. The fourth-order valence-electron chi connectivity index (χ4n) is 2.54. The van der Waals surface area contributed by atoms with Crippen molar-refractivity contribution in [3.05, 3.63) is 51.4 Å². The standard InChI is InChI=1S/C16H17ClN2O2S/c17-15-6-5-14(22-15)16(20)19-8-2-4-13(10-19)21-11-12-3-1-7-18-9-12/h1,3,5-7,9,13H,2,4,8,10-11H2/t13-/m0/s1. The van der Waals surface area contributed by atoms with Crippen LogP contribution < -0.4 is 0 Å². The molecular formula is C16H17ClN2O2S. The Kier molecular flexibility index (Phi) is 5.08. The number of nitrogens with zero attached hydrogens (tertiary/aromatic N) is 2. The maximum atomic E-state index is 12.4. The van der Waals surface area contributed by atoms with Crippen LogP contribution in [0.3, 0.4) is 0 Å². The smallest absolute Gasteiger partial charge is 0.264 e. The van der Waals surface area contributed by atoms with E-state index in [0.717, 1.165) is 24.9 Å². The quantitative estimate of drug-likeness (QED) is 0.856. The molecule has 1 amide bonds. The highest BCUT2D eigenvalue weighted by atomic mass is 35.5. The summed E-state index contributed by atoms with van der Waals surface area (Å²) in [6.45, 7) is 1.95. The third-order valence-electron chi connectivity index (χ3n) is 3.66. The Bertz CT molecular complexity index is 632. The van der Waals surface area contributed by atoms with Crippen molar-refractivity contribution >= 4 is 28.8 Å².